The highest BCUT2D eigenvalue weighted by Crippen LogP contribution is 2.05. The van der Waals surface area contributed by atoms with E-state index < -0.39 is 0 Å². The molecule has 0 aliphatic heterocycles. The standard InChI is InChI=1S/C19H25ClN4O.HI/c1-15(13-25-14-16-6-4-3-5-7-16)10-23-19(21-2)24-12-17-8-9-18(20)22-11-17;/h3-9,11,15H,10,12-14H2,1-2H3,(H2,21,23,24);1H. The number of guanidine groups is 1. The Bertz CT molecular complexity index is 652. The first-order chi connectivity index (χ1) is 12.2. The highest BCUT2D eigenvalue weighted by Gasteiger charge is 2.05. The van der Waals surface area contributed by atoms with E-state index in [4.69, 9.17) is 16.3 Å². The summed E-state index contributed by atoms with van der Waals surface area (Å²) in [6.45, 7) is 4.91. The topological polar surface area (TPSA) is 58.5 Å². The molecule has 0 amide bonds. The molecule has 0 aliphatic rings. The number of aromatic nitrogens is 1. The smallest absolute Gasteiger partial charge is 0.191 e. The van der Waals surface area contributed by atoms with Crippen LogP contribution in [0.5, 0.6) is 0 Å². The van der Waals surface area contributed by atoms with Crippen molar-refractivity contribution in [1.82, 2.24) is 15.6 Å². The van der Waals surface area contributed by atoms with Crippen molar-refractivity contribution in [2.45, 2.75) is 20.1 Å². The summed E-state index contributed by atoms with van der Waals surface area (Å²) >= 11 is 5.79. The first kappa shape index (κ1) is 22.7. The van der Waals surface area contributed by atoms with Crippen molar-refractivity contribution in [3.8, 4) is 0 Å². The lowest BCUT2D eigenvalue weighted by molar-refractivity contribution is 0.0931. The van der Waals surface area contributed by atoms with Gasteiger partial charge >= 0.3 is 0 Å². The lowest BCUT2D eigenvalue weighted by Gasteiger charge is -2.16. The molecule has 2 aromatic rings. The Morgan fingerprint density at radius 1 is 1.15 bits per heavy atom. The number of rotatable bonds is 8. The molecule has 0 saturated carbocycles. The number of ether oxygens (including phenoxy) is 1. The zero-order valence-electron chi connectivity index (χ0n) is 15.1. The minimum absolute atomic E-state index is 0. The van der Waals surface area contributed by atoms with Crippen molar-refractivity contribution in [2.75, 3.05) is 20.2 Å². The second-order valence-electron chi connectivity index (χ2n) is 5.90. The average Bonchev–Trinajstić information content (AvgIpc) is 2.64. The van der Waals surface area contributed by atoms with E-state index in [0.29, 0.717) is 30.8 Å². The van der Waals surface area contributed by atoms with E-state index in [1.165, 1.54) is 5.56 Å². The average molecular weight is 489 g/mol. The minimum Gasteiger partial charge on any atom is -0.376 e. The Labute approximate surface area is 177 Å². The van der Waals surface area contributed by atoms with E-state index >= 15 is 0 Å². The minimum atomic E-state index is 0. The predicted octanol–water partition coefficient (Wildman–Crippen LogP) is 3.87. The fraction of sp³-hybridized carbons (Fsp3) is 0.368. The molecule has 1 aromatic carbocycles. The number of aliphatic imine (C=N–C) groups is 1. The van der Waals surface area contributed by atoms with Crippen molar-refractivity contribution in [2.24, 2.45) is 10.9 Å². The Hall–Kier alpha value is -1.38. The number of hydrogen-bond donors (Lipinski definition) is 2. The summed E-state index contributed by atoms with van der Waals surface area (Å²) in [6, 6.07) is 13.9. The first-order valence-corrected chi connectivity index (χ1v) is 8.72. The van der Waals surface area contributed by atoms with Gasteiger partial charge in [0.15, 0.2) is 5.96 Å². The van der Waals surface area contributed by atoms with E-state index in [2.05, 4.69) is 39.7 Å². The van der Waals surface area contributed by atoms with Gasteiger partial charge in [0, 0.05) is 26.3 Å². The summed E-state index contributed by atoms with van der Waals surface area (Å²) in [4.78, 5) is 8.29. The molecule has 2 N–H and O–H groups in total. The maximum Gasteiger partial charge on any atom is 0.191 e. The van der Waals surface area contributed by atoms with Crippen molar-refractivity contribution in [1.29, 1.82) is 0 Å². The zero-order chi connectivity index (χ0) is 17.9. The Morgan fingerprint density at radius 2 is 1.92 bits per heavy atom. The molecule has 0 bridgehead atoms. The molecule has 0 fully saturated rings. The molecule has 0 spiro atoms. The molecule has 1 unspecified atom stereocenters. The Morgan fingerprint density at radius 3 is 2.58 bits per heavy atom. The molecule has 0 aliphatic carbocycles. The van der Waals surface area contributed by atoms with E-state index in [1.54, 1.807) is 19.3 Å². The van der Waals surface area contributed by atoms with Gasteiger partial charge in [-0.05, 0) is 23.1 Å². The molecule has 142 valence electrons. The van der Waals surface area contributed by atoms with E-state index in [-0.39, 0.29) is 24.0 Å². The van der Waals surface area contributed by atoms with Gasteiger partial charge in [-0.25, -0.2) is 4.98 Å². The van der Waals surface area contributed by atoms with Crippen LogP contribution >= 0.6 is 35.6 Å². The van der Waals surface area contributed by atoms with Crippen LogP contribution in [-0.2, 0) is 17.9 Å². The lowest BCUT2D eigenvalue weighted by atomic mass is 10.2. The molecule has 26 heavy (non-hydrogen) atoms. The second kappa shape index (κ2) is 12.9. The summed E-state index contributed by atoms with van der Waals surface area (Å²) in [6.07, 6.45) is 1.75. The number of halogens is 2. The normalized spacial score (nSPS) is 12.2. The van der Waals surface area contributed by atoms with Gasteiger partial charge < -0.3 is 15.4 Å². The van der Waals surface area contributed by atoms with E-state index in [0.717, 1.165) is 18.1 Å². The summed E-state index contributed by atoms with van der Waals surface area (Å²) in [5.74, 6) is 1.13. The summed E-state index contributed by atoms with van der Waals surface area (Å²) in [7, 11) is 1.76. The van der Waals surface area contributed by atoms with Crippen LogP contribution in [0.4, 0.5) is 0 Å². The third-order valence-electron chi connectivity index (χ3n) is 3.60. The molecule has 1 heterocycles. The second-order valence-corrected chi connectivity index (χ2v) is 6.29. The fourth-order valence-corrected chi connectivity index (χ4v) is 2.31. The zero-order valence-corrected chi connectivity index (χ0v) is 18.2. The van der Waals surface area contributed by atoms with Crippen LogP contribution in [0, 0.1) is 5.92 Å². The van der Waals surface area contributed by atoms with Gasteiger partial charge in [0.1, 0.15) is 5.15 Å². The summed E-state index contributed by atoms with van der Waals surface area (Å²) < 4.78 is 5.77. The summed E-state index contributed by atoms with van der Waals surface area (Å²) in [5.41, 5.74) is 2.24. The van der Waals surface area contributed by atoms with Crippen molar-refractivity contribution >= 4 is 41.5 Å². The molecule has 1 atom stereocenters. The monoisotopic (exact) mass is 488 g/mol. The maximum atomic E-state index is 5.79. The van der Waals surface area contributed by atoms with Crippen molar-refractivity contribution in [3.05, 3.63) is 64.9 Å². The van der Waals surface area contributed by atoms with Gasteiger partial charge in [-0.2, -0.15) is 0 Å². The van der Waals surface area contributed by atoms with Gasteiger partial charge in [-0.1, -0.05) is 54.9 Å². The van der Waals surface area contributed by atoms with Crippen LogP contribution in [-0.4, -0.2) is 31.1 Å². The fourth-order valence-electron chi connectivity index (χ4n) is 2.20. The van der Waals surface area contributed by atoms with Crippen molar-refractivity contribution < 1.29 is 4.74 Å². The number of nitrogens with zero attached hydrogens (tertiary/aromatic N) is 2. The van der Waals surface area contributed by atoms with Crippen LogP contribution in [0.2, 0.25) is 5.15 Å². The molecule has 0 saturated heterocycles. The SMILES string of the molecule is CN=C(NCc1ccc(Cl)nc1)NCC(C)COCc1ccccc1.I. The predicted molar refractivity (Wildman–Crippen MR) is 118 cm³/mol. The third-order valence-corrected chi connectivity index (χ3v) is 3.83. The molecular formula is C19H26ClIN4O. The Kier molecular flexibility index (Phi) is 11.2. The van der Waals surface area contributed by atoms with E-state index in [1.807, 2.05) is 24.3 Å². The third kappa shape index (κ3) is 8.82. The molecule has 1 aromatic heterocycles. The molecule has 2 rings (SSSR count). The highest BCUT2D eigenvalue weighted by atomic mass is 127. The number of pyridine rings is 1. The van der Waals surface area contributed by atoms with Gasteiger partial charge in [-0.3, -0.25) is 4.99 Å². The number of nitrogens with one attached hydrogen (secondary N) is 2. The molecule has 5 nitrogen and oxygen atoms in total. The number of hydrogen-bond acceptors (Lipinski definition) is 3. The molecule has 0 radical (unpaired) electrons. The molecule has 7 heteroatoms. The van der Waals surface area contributed by atoms with Crippen LogP contribution in [0.3, 0.4) is 0 Å². The van der Waals surface area contributed by atoms with Crippen LogP contribution in [0.15, 0.2) is 53.7 Å². The van der Waals surface area contributed by atoms with Gasteiger partial charge in [0.25, 0.3) is 0 Å². The van der Waals surface area contributed by atoms with E-state index in [9.17, 15) is 0 Å². The highest BCUT2D eigenvalue weighted by molar-refractivity contribution is 14.0. The van der Waals surface area contributed by atoms with Gasteiger partial charge in [0.05, 0.1) is 13.2 Å². The van der Waals surface area contributed by atoms with Gasteiger partial charge in [0.2, 0.25) is 0 Å². The lowest BCUT2D eigenvalue weighted by Crippen LogP contribution is -2.39. The van der Waals surface area contributed by atoms with Crippen LogP contribution in [0.25, 0.3) is 0 Å². The quantitative estimate of drug-likeness (QED) is 0.256. The van der Waals surface area contributed by atoms with Crippen molar-refractivity contribution in [3.63, 3.8) is 0 Å². The molecular weight excluding hydrogens is 463 g/mol. The Balaban J connectivity index is 0.00000338. The largest absolute Gasteiger partial charge is 0.376 e. The van der Waals surface area contributed by atoms with Gasteiger partial charge in [-0.15, -0.1) is 24.0 Å². The summed E-state index contributed by atoms with van der Waals surface area (Å²) in [5, 5.41) is 7.07. The van der Waals surface area contributed by atoms with Crippen LogP contribution in [0.1, 0.15) is 18.1 Å². The van der Waals surface area contributed by atoms with Crippen LogP contribution < -0.4 is 10.6 Å². The first-order valence-electron chi connectivity index (χ1n) is 8.34. The maximum absolute atomic E-state index is 5.79. The number of benzene rings is 1.